The van der Waals surface area contributed by atoms with E-state index < -0.39 is 0 Å². The third-order valence-corrected chi connectivity index (χ3v) is 3.51. The maximum Gasteiger partial charge on any atom is 0.130 e. The molecule has 0 aromatic carbocycles. The summed E-state index contributed by atoms with van der Waals surface area (Å²) in [6.07, 6.45) is 5.85. The average molecular weight is 230 g/mol. The van der Waals surface area contributed by atoms with Crippen LogP contribution in [-0.2, 0) is 0 Å². The molecule has 0 saturated heterocycles. The van der Waals surface area contributed by atoms with Crippen LogP contribution >= 0.6 is 23.4 Å². The molecule has 0 bridgehead atoms. The zero-order valence-corrected chi connectivity index (χ0v) is 9.53. The van der Waals surface area contributed by atoms with E-state index in [1.165, 1.54) is 0 Å². The first-order valence-electron chi connectivity index (χ1n) is 4.48. The Kier molecular flexibility index (Phi) is 2.83. The molecular formula is C9H12ClN3S. The van der Waals surface area contributed by atoms with Crippen LogP contribution in [0.4, 0.5) is 5.82 Å². The number of nitrogens with zero attached hydrogens (tertiary/aromatic N) is 2. The Labute approximate surface area is 92.7 Å². The van der Waals surface area contributed by atoms with Crippen LogP contribution in [0.3, 0.4) is 0 Å². The maximum atomic E-state index is 5.87. The molecule has 3 nitrogen and oxygen atoms in total. The summed E-state index contributed by atoms with van der Waals surface area (Å²) < 4.78 is 0. The molecule has 0 aliphatic heterocycles. The second kappa shape index (κ2) is 3.95. The fourth-order valence-corrected chi connectivity index (χ4v) is 1.95. The summed E-state index contributed by atoms with van der Waals surface area (Å²) in [5.41, 5.74) is 0.103. The molecular weight excluding hydrogens is 218 g/mol. The number of alkyl halides is 1. The third kappa shape index (κ3) is 2.12. The minimum atomic E-state index is 0.103. The largest absolute Gasteiger partial charge is 0.363 e. The molecule has 1 N–H and O–H groups in total. The monoisotopic (exact) mass is 229 g/mol. The summed E-state index contributed by atoms with van der Waals surface area (Å²) in [6.45, 7) is 0. The number of nitrogens with one attached hydrogen (secondary N) is 1. The van der Waals surface area contributed by atoms with E-state index in [0.717, 1.165) is 23.7 Å². The molecule has 1 aromatic rings. The van der Waals surface area contributed by atoms with Crippen LogP contribution in [0.2, 0.25) is 0 Å². The lowest BCUT2D eigenvalue weighted by molar-refractivity contribution is 0.824. The molecule has 0 atom stereocenters. The molecule has 1 aliphatic rings. The Hall–Kier alpha value is -0.480. The summed E-state index contributed by atoms with van der Waals surface area (Å²) in [5.74, 6) is 1.52. The lowest BCUT2D eigenvalue weighted by atomic mass is 10.3. The Balaban J connectivity index is 2.09. The highest BCUT2D eigenvalue weighted by molar-refractivity contribution is 7.98. The van der Waals surface area contributed by atoms with Crippen molar-refractivity contribution in [1.82, 2.24) is 9.97 Å². The number of anilines is 1. The number of aromatic nitrogens is 2. The highest BCUT2D eigenvalue weighted by atomic mass is 35.5. The lowest BCUT2D eigenvalue weighted by Crippen LogP contribution is -2.23. The van der Waals surface area contributed by atoms with E-state index in [2.05, 4.69) is 15.3 Å². The van der Waals surface area contributed by atoms with Crippen LogP contribution < -0.4 is 5.32 Å². The fourth-order valence-electron chi connectivity index (χ4n) is 1.23. The average Bonchev–Trinajstić information content (AvgIpc) is 2.99. The zero-order valence-electron chi connectivity index (χ0n) is 7.96. The van der Waals surface area contributed by atoms with Gasteiger partial charge in [0, 0.05) is 11.9 Å². The quantitative estimate of drug-likeness (QED) is 0.489. The van der Waals surface area contributed by atoms with Gasteiger partial charge < -0.3 is 5.32 Å². The summed E-state index contributed by atoms with van der Waals surface area (Å²) in [6, 6.07) is 1.96. The number of thioether (sulfide) groups is 1. The predicted molar refractivity (Wildman–Crippen MR) is 60.1 cm³/mol. The van der Waals surface area contributed by atoms with Gasteiger partial charge in [-0.05, 0) is 19.1 Å². The summed E-state index contributed by atoms with van der Waals surface area (Å²) >= 11 is 7.48. The first-order valence-corrected chi connectivity index (χ1v) is 6.24. The minimum absolute atomic E-state index is 0.103. The third-order valence-electron chi connectivity index (χ3n) is 2.35. The van der Waals surface area contributed by atoms with Gasteiger partial charge >= 0.3 is 0 Å². The maximum absolute atomic E-state index is 5.87. The van der Waals surface area contributed by atoms with Crippen LogP contribution in [-0.4, -0.2) is 27.6 Å². The Morgan fingerprint density at radius 2 is 2.36 bits per heavy atom. The van der Waals surface area contributed by atoms with Crippen LogP contribution in [0.25, 0.3) is 0 Å². The zero-order chi connectivity index (χ0) is 10.0. The van der Waals surface area contributed by atoms with E-state index in [9.17, 15) is 0 Å². The minimum Gasteiger partial charge on any atom is -0.363 e. The van der Waals surface area contributed by atoms with Gasteiger partial charge in [0.1, 0.15) is 17.2 Å². The molecule has 0 unspecified atom stereocenters. The van der Waals surface area contributed by atoms with E-state index in [1.807, 2.05) is 12.3 Å². The van der Waals surface area contributed by atoms with Crippen LogP contribution in [0.1, 0.15) is 12.8 Å². The van der Waals surface area contributed by atoms with Gasteiger partial charge in [-0.25, -0.2) is 9.97 Å². The summed E-state index contributed by atoms with van der Waals surface area (Å²) in [4.78, 5) is 8.28. The van der Waals surface area contributed by atoms with Crippen molar-refractivity contribution in [2.75, 3.05) is 17.5 Å². The van der Waals surface area contributed by atoms with Crippen molar-refractivity contribution in [2.45, 2.75) is 23.4 Å². The number of rotatable bonds is 4. The highest BCUT2D eigenvalue weighted by Gasteiger charge is 2.42. The number of halogens is 1. The Morgan fingerprint density at radius 1 is 1.57 bits per heavy atom. The van der Waals surface area contributed by atoms with Crippen molar-refractivity contribution >= 4 is 29.2 Å². The summed E-state index contributed by atoms with van der Waals surface area (Å²) in [5, 5.41) is 4.34. The van der Waals surface area contributed by atoms with Crippen molar-refractivity contribution in [2.24, 2.45) is 0 Å². The molecule has 1 heterocycles. The summed E-state index contributed by atoms with van der Waals surface area (Å²) in [7, 11) is 0. The van der Waals surface area contributed by atoms with Crippen molar-refractivity contribution in [3.8, 4) is 0 Å². The number of hydrogen-bond acceptors (Lipinski definition) is 4. The van der Waals surface area contributed by atoms with Gasteiger partial charge in [0.15, 0.2) is 0 Å². The van der Waals surface area contributed by atoms with E-state index >= 15 is 0 Å². The Bertz CT molecular complexity index is 328. The van der Waals surface area contributed by atoms with Gasteiger partial charge in [0.05, 0.1) is 5.54 Å². The van der Waals surface area contributed by atoms with Crippen LogP contribution in [0.5, 0.6) is 0 Å². The predicted octanol–water partition coefficient (Wildman–Crippen LogP) is 2.38. The van der Waals surface area contributed by atoms with E-state index in [1.54, 1.807) is 18.1 Å². The van der Waals surface area contributed by atoms with Gasteiger partial charge in [-0.2, -0.15) is 0 Å². The van der Waals surface area contributed by atoms with E-state index in [4.69, 9.17) is 11.6 Å². The molecule has 1 aromatic heterocycles. The van der Waals surface area contributed by atoms with Crippen LogP contribution in [0, 0.1) is 0 Å². The van der Waals surface area contributed by atoms with Crippen molar-refractivity contribution in [3.63, 3.8) is 0 Å². The van der Waals surface area contributed by atoms with Gasteiger partial charge in [0.2, 0.25) is 0 Å². The molecule has 14 heavy (non-hydrogen) atoms. The van der Waals surface area contributed by atoms with E-state index in [-0.39, 0.29) is 5.54 Å². The first-order chi connectivity index (χ1) is 6.78. The van der Waals surface area contributed by atoms with Gasteiger partial charge in [-0.1, -0.05) is 0 Å². The van der Waals surface area contributed by atoms with Gasteiger partial charge in [-0.15, -0.1) is 23.4 Å². The molecule has 0 radical (unpaired) electrons. The first kappa shape index (κ1) is 10.1. The smallest absolute Gasteiger partial charge is 0.130 e. The second-order valence-corrected chi connectivity index (χ2v) is 4.58. The Morgan fingerprint density at radius 3 is 2.93 bits per heavy atom. The second-order valence-electron chi connectivity index (χ2n) is 3.48. The molecule has 1 aliphatic carbocycles. The van der Waals surface area contributed by atoms with Crippen molar-refractivity contribution < 1.29 is 0 Å². The normalized spacial score (nSPS) is 17.9. The standard InChI is InChI=1S/C9H12ClN3S/c1-14-8-4-7(11-6-12-8)13-9(5-10)2-3-9/h4,6H,2-3,5H2,1H3,(H,11,12,13). The molecule has 1 saturated carbocycles. The molecule has 5 heteroatoms. The molecule has 0 amide bonds. The molecule has 2 rings (SSSR count). The van der Waals surface area contributed by atoms with Crippen LogP contribution in [0.15, 0.2) is 17.4 Å². The van der Waals surface area contributed by atoms with Gasteiger partial charge in [0.25, 0.3) is 0 Å². The number of hydrogen-bond donors (Lipinski definition) is 1. The SMILES string of the molecule is CSc1cc(NC2(CCl)CC2)ncn1. The fraction of sp³-hybridized carbons (Fsp3) is 0.556. The topological polar surface area (TPSA) is 37.8 Å². The highest BCUT2D eigenvalue weighted by Crippen LogP contribution is 2.39. The lowest BCUT2D eigenvalue weighted by Gasteiger charge is -2.14. The molecule has 0 spiro atoms. The molecule has 76 valence electrons. The van der Waals surface area contributed by atoms with Crippen molar-refractivity contribution in [3.05, 3.63) is 12.4 Å². The van der Waals surface area contributed by atoms with Gasteiger partial charge in [-0.3, -0.25) is 0 Å². The van der Waals surface area contributed by atoms with E-state index in [0.29, 0.717) is 5.88 Å². The van der Waals surface area contributed by atoms with Crippen molar-refractivity contribution in [1.29, 1.82) is 0 Å². The molecule has 1 fully saturated rings.